The molecule has 0 aliphatic carbocycles. The van der Waals surface area contributed by atoms with Crippen LogP contribution >= 0.6 is 11.3 Å². The van der Waals surface area contributed by atoms with Gasteiger partial charge in [-0.25, -0.2) is 9.59 Å². The summed E-state index contributed by atoms with van der Waals surface area (Å²) in [4.78, 5) is 42.1. The van der Waals surface area contributed by atoms with Crippen LogP contribution in [-0.4, -0.2) is 57.6 Å². The minimum absolute atomic E-state index is 0.0766. The lowest BCUT2D eigenvalue weighted by Crippen LogP contribution is -2.49. The maximum absolute atomic E-state index is 14.0. The molecule has 0 saturated carbocycles. The van der Waals surface area contributed by atoms with Gasteiger partial charge in [-0.15, -0.1) is 24.5 Å². The number of nitrogens with one attached hydrogen (secondary N) is 1. The molecule has 1 heterocycles. The first-order valence-corrected chi connectivity index (χ1v) is 15.2. The quantitative estimate of drug-likeness (QED) is 0.176. The number of alkyl carbamates (subject to hydrolysis) is 1. The Kier molecular flexibility index (Phi) is 12.7. The molecule has 0 aliphatic heterocycles. The number of halogens is 3. The Hall–Kier alpha value is -4.26. The highest BCUT2D eigenvalue weighted by molar-refractivity contribution is 7.09. The molecule has 0 aliphatic rings. The second-order valence-corrected chi connectivity index (χ2v) is 12.3. The van der Waals surface area contributed by atoms with Crippen molar-refractivity contribution in [3.05, 3.63) is 88.1 Å². The Morgan fingerprint density at radius 2 is 1.58 bits per heavy atom. The monoisotopic (exact) mass is 649 g/mol. The third-order valence-electron chi connectivity index (χ3n) is 6.44. The number of benzene rings is 2. The highest BCUT2D eigenvalue weighted by Crippen LogP contribution is 2.28. The van der Waals surface area contributed by atoms with Gasteiger partial charge in [-0.05, 0) is 63.1 Å². The predicted octanol–water partition coefficient (Wildman–Crippen LogP) is 7.42. The van der Waals surface area contributed by atoms with Crippen molar-refractivity contribution < 1.29 is 42.1 Å². The largest absolute Gasteiger partial charge is 0.573 e. The van der Waals surface area contributed by atoms with Gasteiger partial charge in [0.1, 0.15) is 17.4 Å². The molecule has 244 valence electrons. The molecule has 0 spiro atoms. The molecule has 13 heteroatoms. The molecule has 3 aromatic rings. The second kappa shape index (κ2) is 16.2. The minimum atomic E-state index is -4.93. The van der Waals surface area contributed by atoms with Gasteiger partial charge in [-0.2, -0.15) is 0 Å². The first-order valence-electron chi connectivity index (χ1n) is 14.4. The number of thiophene rings is 1. The fourth-order valence-electron chi connectivity index (χ4n) is 4.49. The zero-order chi connectivity index (χ0) is 33.0. The van der Waals surface area contributed by atoms with Gasteiger partial charge in [0.2, 0.25) is 5.91 Å². The number of amides is 3. The zero-order valence-corrected chi connectivity index (χ0v) is 26.2. The van der Waals surface area contributed by atoms with E-state index in [-0.39, 0.29) is 38.2 Å². The lowest BCUT2D eigenvalue weighted by Gasteiger charge is -2.29. The molecule has 2 N–H and O–H groups in total. The minimum Gasteiger partial charge on any atom is -0.465 e. The number of carbonyl (C=O) groups excluding carboxylic acids is 2. The molecule has 3 rings (SSSR count). The number of rotatable bonds is 14. The summed E-state index contributed by atoms with van der Waals surface area (Å²) in [6.45, 7) is 5.28. The van der Waals surface area contributed by atoms with Crippen molar-refractivity contribution in [2.24, 2.45) is 0 Å². The molecule has 0 saturated heterocycles. The van der Waals surface area contributed by atoms with Crippen LogP contribution < -0.4 is 10.1 Å². The maximum Gasteiger partial charge on any atom is 0.573 e. The van der Waals surface area contributed by atoms with E-state index in [0.717, 1.165) is 10.4 Å². The van der Waals surface area contributed by atoms with Gasteiger partial charge in [0.25, 0.3) is 0 Å². The summed E-state index contributed by atoms with van der Waals surface area (Å²) in [5.74, 6) is -0.965. The standard InChI is InChI=1S/C32H38F3N3O6S/c1-31(2,3)44-29(40)36-26(16-9-10-18-37(30(41)42)20-23-12-5-4-6-13-23)28(39)38(22-25-15-11-19-45-25)21-24-14-7-8-17-27(24)43-32(33,34)35/h4-8,11-15,17,19,26H,9-10,16,18,20-22H2,1-3H3,(H,36,40)(H,41,42)/t26-/m0/s1. The van der Waals surface area contributed by atoms with Crippen LogP contribution in [0.5, 0.6) is 5.75 Å². The number of hydrogen-bond acceptors (Lipinski definition) is 6. The van der Waals surface area contributed by atoms with Crippen LogP contribution in [0.25, 0.3) is 0 Å². The average molecular weight is 650 g/mol. The van der Waals surface area contributed by atoms with E-state index in [1.165, 1.54) is 39.3 Å². The normalized spacial score (nSPS) is 12.2. The Bertz CT molecular complexity index is 1380. The zero-order valence-electron chi connectivity index (χ0n) is 25.4. The van der Waals surface area contributed by atoms with Crippen molar-refractivity contribution in [1.82, 2.24) is 15.1 Å². The molecule has 1 aromatic heterocycles. The molecule has 0 unspecified atom stereocenters. The molecule has 3 amide bonds. The van der Waals surface area contributed by atoms with Crippen LogP contribution in [0.4, 0.5) is 22.8 Å². The van der Waals surface area contributed by atoms with E-state index in [4.69, 9.17) is 4.74 Å². The van der Waals surface area contributed by atoms with Gasteiger partial charge in [-0.3, -0.25) is 4.79 Å². The molecular weight excluding hydrogens is 611 g/mol. The van der Waals surface area contributed by atoms with Crippen LogP contribution in [0.3, 0.4) is 0 Å². The highest BCUT2D eigenvalue weighted by Gasteiger charge is 2.33. The number of ether oxygens (including phenoxy) is 2. The summed E-state index contributed by atoms with van der Waals surface area (Å²) >= 11 is 1.38. The van der Waals surface area contributed by atoms with Gasteiger partial charge in [0.05, 0.1) is 6.54 Å². The van der Waals surface area contributed by atoms with Gasteiger partial charge in [0.15, 0.2) is 0 Å². The molecule has 45 heavy (non-hydrogen) atoms. The van der Waals surface area contributed by atoms with Crippen LogP contribution in [0, 0.1) is 0 Å². The predicted molar refractivity (Wildman–Crippen MR) is 164 cm³/mol. The lowest BCUT2D eigenvalue weighted by molar-refractivity contribution is -0.275. The van der Waals surface area contributed by atoms with Crippen LogP contribution in [0.2, 0.25) is 0 Å². The van der Waals surface area contributed by atoms with Crippen molar-refractivity contribution in [1.29, 1.82) is 0 Å². The molecule has 1 atom stereocenters. The average Bonchev–Trinajstić information content (AvgIpc) is 3.46. The van der Waals surface area contributed by atoms with Crippen LogP contribution in [0.15, 0.2) is 72.1 Å². The molecule has 0 radical (unpaired) electrons. The third kappa shape index (κ3) is 12.7. The van der Waals surface area contributed by atoms with E-state index in [1.807, 2.05) is 35.7 Å². The highest BCUT2D eigenvalue weighted by atomic mass is 32.1. The summed E-state index contributed by atoms with van der Waals surface area (Å²) in [5, 5.41) is 14.1. The number of nitrogens with zero attached hydrogens (tertiary/aromatic N) is 2. The molecule has 0 fully saturated rings. The molecule has 2 aromatic carbocycles. The van der Waals surface area contributed by atoms with E-state index < -0.39 is 41.8 Å². The first kappa shape index (κ1) is 35.2. The smallest absolute Gasteiger partial charge is 0.465 e. The Labute approximate surface area is 264 Å². The summed E-state index contributed by atoms with van der Waals surface area (Å²) in [5.41, 5.74) is 0.120. The third-order valence-corrected chi connectivity index (χ3v) is 7.31. The number of hydrogen-bond donors (Lipinski definition) is 2. The Balaban J connectivity index is 1.80. The van der Waals surface area contributed by atoms with Crippen molar-refractivity contribution >= 4 is 29.4 Å². The fourth-order valence-corrected chi connectivity index (χ4v) is 5.21. The summed E-state index contributed by atoms with van der Waals surface area (Å²) in [7, 11) is 0. The van der Waals surface area contributed by atoms with E-state index in [0.29, 0.717) is 12.8 Å². The Morgan fingerprint density at radius 1 is 0.889 bits per heavy atom. The summed E-state index contributed by atoms with van der Waals surface area (Å²) in [6, 6.07) is 17.2. The van der Waals surface area contributed by atoms with E-state index in [9.17, 15) is 32.7 Å². The number of alkyl halides is 3. The second-order valence-electron chi connectivity index (χ2n) is 11.3. The fraction of sp³-hybridized carbons (Fsp3) is 0.406. The van der Waals surface area contributed by atoms with Crippen molar-refractivity contribution in [3.63, 3.8) is 0 Å². The van der Waals surface area contributed by atoms with Gasteiger partial charge < -0.3 is 29.7 Å². The van der Waals surface area contributed by atoms with Crippen LogP contribution in [-0.2, 0) is 29.2 Å². The van der Waals surface area contributed by atoms with Crippen molar-refractivity contribution in [2.75, 3.05) is 6.54 Å². The van der Waals surface area contributed by atoms with Crippen molar-refractivity contribution in [2.45, 2.75) is 77.7 Å². The maximum atomic E-state index is 14.0. The number of unbranched alkanes of at least 4 members (excludes halogenated alkanes) is 1. The lowest BCUT2D eigenvalue weighted by atomic mass is 10.1. The number of carbonyl (C=O) groups is 3. The summed E-state index contributed by atoms with van der Waals surface area (Å²) in [6.07, 6.45) is -5.94. The number of carboxylic acid groups (broad SMARTS) is 1. The van der Waals surface area contributed by atoms with E-state index in [1.54, 1.807) is 39.0 Å². The topological polar surface area (TPSA) is 108 Å². The molecular formula is C32H38F3N3O6S. The van der Waals surface area contributed by atoms with E-state index in [2.05, 4.69) is 10.1 Å². The molecule has 0 bridgehead atoms. The van der Waals surface area contributed by atoms with Crippen LogP contribution in [0.1, 0.15) is 56.0 Å². The SMILES string of the molecule is CC(C)(C)OC(=O)N[C@@H](CCCCN(Cc1ccccc1)C(=O)O)C(=O)N(Cc1cccs1)Cc1ccccc1OC(F)(F)F. The van der Waals surface area contributed by atoms with Gasteiger partial charge >= 0.3 is 18.5 Å². The van der Waals surface area contributed by atoms with Gasteiger partial charge in [0, 0.05) is 30.1 Å². The molecule has 9 nitrogen and oxygen atoms in total. The summed E-state index contributed by atoms with van der Waals surface area (Å²) < 4.78 is 49.0. The van der Waals surface area contributed by atoms with Gasteiger partial charge in [-0.1, -0.05) is 54.6 Å². The number of para-hydroxylation sites is 1. The van der Waals surface area contributed by atoms with E-state index >= 15 is 0 Å². The Morgan fingerprint density at radius 3 is 2.20 bits per heavy atom. The first-order chi connectivity index (χ1) is 21.2. The van der Waals surface area contributed by atoms with Crippen molar-refractivity contribution in [3.8, 4) is 5.75 Å².